The van der Waals surface area contributed by atoms with Crippen molar-refractivity contribution in [2.24, 2.45) is 17.6 Å². The number of nitrogens with one attached hydrogen (secondary N) is 1. The fourth-order valence-corrected chi connectivity index (χ4v) is 1.46. The average Bonchev–Trinajstić information content (AvgIpc) is 2.25. The highest BCUT2D eigenvalue weighted by atomic mass is 16.2. The maximum Gasteiger partial charge on any atom is 0.230 e. The Labute approximate surface area is 71.5 Å². The Bertz CT molecular complexity index is 203. The lowest BCUT2D eigenvalue weighted by molar-refractivity contribution is -0.126. The van der Waals surface area contributed by atoms with E-state index >= 15 is 0 Å². The highest BCUT2D eigenvalue weighted by Gasteiger charge is 2.37. The molecular weight excluding hydrogens is 156 g/mol. The number of amides is 2. The first-order valence-corrected chi connectivity index (χ1v) is 4.21. The van der Waals surface area contributed by atoms with Crippen LogP contribution in [0.25, 0.3) is 0 Å². The molecule has 0 radical (unpaired) electrons. The van der Waals surface area contributed by atoms with Crippen LogP contribution >= 0.6 is 0 Å². The van der Waals surface area contributed by atoms with Gasteiger partial charge in [0.2, 0.25) is 11.8 Å². The summed E-state index contributed by atoms with van der Waals surface area (Å²) < 4.78 is 0. The molecule has 0 saturated carbocycles. The molecule has 12 heavy (non-hydrogen) atoms. The largest absolute Gasteiger partial charge is 0.330 e. The number of carbonyl (C=O) groups excluding carboxylic acids is 2. The van der Waals surface area contributed by atoms with Crippen LogP contribution < -0.4 is 11.1 Å². The quantitative estimate of drug-likeness (QED) is 0.568. The van der Waals surface area contributed by atoms with Crippen molar-refractivity contribution in [1.82, 2.24) is 5.32 Å². The molecule has 2 atom stereocenters. The average molecular weight is 170 g/mol. The Balaban J connectivity index is 2.51. The fourth-order valence-electron chi connectivity index (χ4n) is 1.46. The minimum atomic E-state index is -0.177. The van der Waals surface area contributed by atoms with E-state index in [9.17, 15) is 9.59 Å². The van der Waals surface area contributed by atoms with Gasteiger partial charge >= 0.3 is 0 Å². The summed E-state index contributed by atoms with van der Waals surface area (Å²) in [6.45, 7) is 2.35. The topological polar surface area (TPSA) is 72.2 Å². The summed E-state index contributed by atoms with van der Waals surface area (Å²) in [7, 11) is 0. The van der Waals surface area contributed by atoms with Crippen LogP contribution in [-0.4, -0.2) is 18.4 Å². The molecule has 0 spiro atoms. The van der Waals surface area contributed by atoms with Crippen molar-refractivity contribution >= 4 is 11.8 Å². The number of hydrogen-bond donors (Lipinski definition) is 2. The molecule has 4 nitrogen and oxygen atoms in total. The van der Waals surface area contributed by atoms with Gasteiger partial charge in [-0.05, 0) is 19.4 Å². The molecule has 1 saturated heterocycles. The van der Waals surface area contributed by atoms with E-state index in [0.29, 0.717) is 6.54 Å². The monoisotopic (exact) mass is 170 g/mol. The second kappa shape index (κ2) is 3.67. The highest BCUT2D eigenvalue weighted by Crippen LogP contribution is 2.22. The smallest absolute Gasteiger partial charge is 0.230 e. The summed E-state index contributed by atoms with van der Waals surface area (Å²) in [5, 5.41) is 2.31. The Morgan fingerprint density at radius 1 is 1.42 bits per heavy atom. The third kappa shape index (κ3) is 1.64. The van der Waals surface area contributed by atoms with Crippen molar-refractivity contribution in [2.45, 2.75) is 19.8 Å². The number of nitrogens with two attached hydrogens (primary N) is 1. The van der Waals surface area contributed by atoms with Crippen molar-refractivity contribution in [3.8, 4) is 0 Å². The van der Waals surface area contributed by atoms with Gasteiger partial charge in [-0.25, -0.2) is 0 Å². The van der Waals surface area contributed by atoms with Crippen LogP contribution in [0.1, 0.15) is 19.8 Å². The molecule has 1 fully saturated rings. The zero-order chi connectivity index (χ0) is 9.14. The Hall–Kier alpha value is -0.900. The molecule has 0 aromatic heterocycles. The van der Waals surface area contributed by atoms with E-state index < -0.39 is 0 Å². The summed E-state index contributed by atoms with van der Waals surface area (Å²) in [4.78, 5) is 22.1. The Morgan fingerprint density at radius 2 is 2.08 bits per heavy atom. The van der Waals surface area contributed by atoms with Crippen molar-refractivity contribution in [3.05, 3.63) is 0 Å². The third-order valence-electron chi connectivity index (χ3n) is 2.32. The van der Waals surface area contributed by atoms with Crippen LogP contribution in [0.4, 0.5) is 0 Å². The van der Waals surface area contributed by atoms with Crippen LogP contribution in [0, 0.1) is 11.8 Å². The highest BCUT2D eigenvalue weighted by molar-refractivity contribution is 6.04. The van der Waals surface area contributed by atoms with E-state index in [1.54, 1.807) is 6.92 Å². The van der Waals surface area contributed by atoms with E-state index in [4.69, 9.17) is 5.73 Å². The van der Waals surface area contributed by atoms with Crippen molar-refractivity contribution < 1.29 is 9.59 Å². The van der Waals surface area contributed by atoms with E-state index in [-0.39, 0.29) is 23.7 Å². The fraction of sp³-hybridized carbons (Fsp3) is 0.750. The molecule has 1 heterocycles. The minimum Gasteiger partial charge on any atom is -0.330 e. The predicted octanol–water partition coefficient (Wildman–Crippen LogP) is -0.366. The molecule has 68 valence electrons. The standard InChI is InChI=1S/C8H14N2O2/c1-5-6(3-2-4-9)8(12)10-7(5)11/h5-6H,2-4,9H2,1H3,(H,10,11,12). The van der Waals surface area contributed by atoms with Crippen molar-refractivity contribution in [3.63, 3.8) is 0 Å². The SMILES string of the molecule is CC1C(=O)NC(=O)C1CCCN. The van der Waals surface area contributed by atoms with Gasteiger partial charge in [0.15, 0.2) is 0 Å². The van der Waals surface area contributed by atoms with E-state index in [1.807, 2.05) is 0 Å². The van der Waals surface area contributed by atoms with Gasteiger partial charge in [-0.1, -0.05) is 6.92 Å². The molecule has 0 aliphatic carbocycles. The van der Waals surface area contributed by atoms with Gasteiger partial charge in [0, 0.05) is 11.8 Å². The normalized spacial score (nSPS) is 29.2. The summed E-state index contributed by atoms with van der Waals surface area (Å²) in [6.07, 6.45) is 1.52. The lowest BCUT2D eigenvalue weighted by Gasteiger charge is -2.08. The van der Waals surface area contributed by atoms with Crippen LogP contribution in [0.5, 0.6) is 0 Å². The number of hydrogen-bond acceptors (Lipinski definition) is 3. The lowest BCUT2D eigenvalue weighted by Crippen LogP contribution is -2.22. The molecular formula is C8H14N2O2. The Morgan fingerprint density at radius 3 is 2.50 bits per heavy atom. The third-order valence-corrected chi connectivity index (χ3v) is 2.32. The lowest BCUT2D eigenvalue weighted by atomic mass is 9.92. The van der Waals surface area contributed by atoms with Crippen LogP contribution in [0.15, 0.2) is 0 Å². The van der Waals surface area contributed by atoms with Gasteiger partial charge in [-0.2, -0.15) is 0 Å². The number of carbonyl (C=O) groups is 2. The van der Waals surface area contributed by atoms with Crippen LogP contribution in [0.2, 0.25) is 0 Å². The summed E-state index contributed by atoms with van der Waals surface area (Å²) >= 11 is 0. The Kier molecular flexibility index (Phi) is 2.81. The van der Waals surface area contributed by atoms with Gasteiger partial charge in [-0.3, -0.25) is 14.9 Å². The number of imide groups is 1. The molecule has 1 rings (SSSR count). The van der Waals surface area contributed by atoms with Gasteiger partial charge in [0.25, 0.3) is 0 Å². The maximum atomic E-state index is 11.1. The molecule has 0 aromatic carbocycles. The molecule has 1 aliphatic heterocycles. The second-order valence-corrected chi connectivity index (χ2v) is 3.18. The zero-order valence-corrected chi connectivity index (χ0v) is 7.17. The van der Waals surface area contributed by atoms with E-state index in [0.717, 1.165) is 12.8 Å². The van der Waals surface area contributed by atoms with Gasteiger partial charge in [-0.15, -0.1) is 0 Å². The predicted molar refractivity (Wildman–Crippen MR) is 44.1 cm³/mol. The van der Waals surface area contributed by atoms with E-state index in [2.05, 4.69) is 5.32 Å². The summed E-state index contributed by atoms with van der Waals surface area (Å²) in [5.74, 6) is -0.618. The van der Waals surface area contributed by atoms with Crippen LogP contribution in [-0.2, 0) is 9.59 Å². The molecule has 2 amide bonds. The first kappa shape index (κ1) is 9.19. The molecule has 1 aliphatic rings. The minimum absolute atomic E-state index is 0.138. The second-order valence-electron chi connectivity index (χ2n) is 3.18. The molecule has 0 bridgehead atoms. The van der Waals surface area contributed by atoms with Crippen molar-refractivity contribution in [1.29, 1.82) is 0 Å². The number of rotatable bonds is 3. The summed E-state index contributed by atoms with van der Waals surface area (Å²) in [6, 6.07) is 0. The maximum absolute atomic E-state index is 11.1. The van der Waals surface area contributed by atoms with Crippen molar-refractivity contribution in [2.75, 3.05) is 6.54 Å². The van der Waals surface area contributed by atoms with Gasteiger partial charge < -0.3 is 5.73 Å². The first-order chi connectivity index (χ1) is 5.66. The van der Waals surface area contributed by atoms with Gasteiger partial charge in [0.1, 0.15) is 0 Å². The first-order valence-electron chi connectivity index (χ1n) is 4.21. The molecule has 4 heteroatoms. The molecule has 2 unspecified atom stereocenters. The summed E-state index contributed by atoms with van der Waals surface area (Å²) in [5.41, 5.74) is 5.32. The molecule has 3 N–H and O–H groups in total. The van der Waals surface area contributed by atoms with Gasteiger partial charge in [0.05, 0.1) is 0 Å². The zero-order valence-electron chi connectivity index (χ0n) is 7.17. The molecule has 0 aromatic rings. The van der Waals surface area contributed by atoms with E-state index in [1.165, 1.54) is 0 Å². The van der Waals surface area contributed by atoms with Crippen LogP contribution in [0.3, 0.4) is 0 Å².